The Morgan fingerprint density at radius 3 is 2.65 bits per heavy atom. The van der Waals surface area contributed by atoms with Crippen molar-refractivity contribution in [3.63, 3.8) is 0 Å². The van der Waals surface area contributed by atoms with Crippen LogP contribution in [0.4, 0.5) is 0 Å². The highest BCUT2D eigenvalue weighted by Crippen LogP contribution is 2.34. The van der Waals surface area contributed by atoms with E-state index in [1.54, 1.807) is 12.1 Å². The molecule has 7 heteroatoms. The van der Waals surface area contributed by atoms with Crippen LogP contribution in [-0.2, 0) is 10.0 Å². The summed E-state index contributed by atoms with van der Waals surface area (Å²) in [6, 6.07) is 2.98. The molecule has 1 fully saturated rings. The van der Waals surface area contributed by atoms with Gasteiger partial charge in [0.25, 0.3) is 10.0 Å². The second-order valence-electron chi connectivity index (χ2n) is 4.20. The lowest BCUT2D eigenvalue weighted by molar-refractivity contribution is 0.567. The highest BCUT2D eigenvalue weighted by Gasteiger charge is 2.36. The van der Waals surface area contributed by atoms with Gasteiger partial charge in [-0.3, -0.25) is 0 Å². The molecule has 0 aliphatic heterocycles. The fourth-order valence-electron chi connectivity index (χ4n) is 1.60. The SMILES string of the molecule is Cc1ccc(S(=O)(=O)NC(C(N)=S)C2CC2)s1. The summed E-state index contributed by atoms with van der Waals surface area (Å²) in [6.07, 6.45) is 1.96. The largest absolute Gasteiger partial charge is 0.392 e. The Labute approximate surface area is 110 Å². The van der Waals surface area contributed by atoms with Crippen molar-refractivity contribution in [1.82, 2.24) is 4.72 Å². The zero-order chi connectivity index (χ0) is 12.6. The molecular formula is C10H14N2O2S3. The van der Waals surface area contributed by atoms with Gasteiger partial charge in [-0.25, -0.2) is 13.1 Å². The van der Waals surface area contributed by atoms with Crippen molar-refractivity contribution in [2.75, 3.05) is 0 Å². The van der Waals surface area contributed by atoms with Gasteiger partial charge in [-0.15, -0.1) is 11.3 Å². The number of thiophene rings is 1. The van der Waals surface area contributed by atoms with E-state index >= 15 is 0 Å². The van der Waals surface area contributed by atoms with Gasteiger partial charge < -0.3 is 5.73 Å². The molecule has 1 aliphatic carbocycles. The molecule has 94 valence electrons. The van der Waals surface area contributed by atoms with E-state index in [1.807, 2.05) is 6.92 Å². The van der Waals surface area contributed by atoms with Gasteiger partial charge in [0, 0.05) is 4.88 Å². The average Bonchev–Trinajstić information content (AvgIpc) is 2.96. The lowest BCUT2D eigenvalue weighted by Gasteiger charge is -2.15. The molecule has 0 amide bonds. The average molecular weight is 290 g/mol. The van der Waals surface area contributed by atoms with Gasteiger partial charge >= 0.3 is 0 Å². The maximum absolute atomic E-state index is 12.1. The van der Waals surface area contributed by atoms with Crippen LogP contribution in [-0.4, -0.2) is 19.4 Å². The molecule has 0 aromatic carbocycles. The quantitative estimate of drug-likeness (QED) is 0.804. The molecule has 2 rings (SSSR count). The molecule has 1 aromatic rings. The fraction of sp³-hybridized carbons (Fsp3) is 0.500. The van der Waals surface area contributed by atoms with Crippen LogP contribution >= 0.6 is 23.6 Å². The van der Waals surface area contributed by atoms with Gasteiger partial charge in [-0.05, 0) is 37.8 Å². The number of sulfonamides is 1. The van der Waals surface area contributed by atoms with Crippen molar-refractivity contribution >= 4 is 38.6 Å². The summed E-state index contributed by atoms with van der Waals surface area (Å²) >= 11 is 6.16. The summed E-state index contributed by atoms with van der Waals surface area (Å²) in [5.74, 6) is 0.267. The molecule has 0 spiro atoms. The monoisotopic (exact) mass is 290 g/mol. The molecule has 0 radical (unpaired) electrons. The molecule has 1 aromatic heterocycles. The zero-order valence-corrected chi connectivity index (χ0v) is 11.8. The van der Waals surface area contributed by atoms with Crippen LogP contribution in [0.1, 0.15) is 17.7 Å². The molecule has 1 aliphatic rings. The predicted molar refractivity (Wildman–Crippen MR) is 72.7 cm³/mol. The minimum Gasteiger partial charge on any atom is -0.392 e. The number of nitrogens with two attached hydrogens (primary N) is 1. The van der Waals surface area contributed by atoms with Crippen molar-refractivity contribution in [3.05, 3.63) is 17.0 Å². The van der Waals surface area contributed by atoms with E-state index in [0.29, 0.717) is 4.21 Å². The van der Waals surface area contributed by atoms with Crippen molar-refractivity contribution in [2.45, 2.75) is 30.0 Å². The third-order valence-corrected chi connectivity index (χ3v) is 5.85. The predicted octanol–water partition coefficient (Wildman–Crippen LogP) is 1.40. The molecule has 1 atom stereocenters. The number of rotatable bonds is 5. The normalized spacial score (nSPS) is 17.9. The number of nitrogens with one attached hydrogen (secondary N) is 1. The Morgan fingerprint density at radius 2 is 2.24 bits per heavy atom. The van der Waals surface area contributed by atoms with Crippen LogP contribution < -0.4 is 10.5 Å². The van der Waals surface area contributed by atoms with Gasteiger partial charge in [0.15, 0.2) is 0 Å². The summed E-state index contributed by atoms with van der Waals surface area (Å²) in [5.41, 5.74) is 5.58. The van der Waals surface area contributed by atoms with Crippen LogP contribution in [0.25, 0.3) is 0 Å². The Kier molecular flexibility index (Phi) is 3.53. The van der Waals surface area contributed by atoms with E-state index in [1.165, 1.54) is 11.3 Å². The molecule has 0 bridgehead atoms. The van der Waals surface area contributed by atoms with Crippen molar-refractivity contribution in [2.24, 2.45) is 11.7 Å². The van der Waals surface area contributed by atoms with Crippen LogP contribution in [0, 0.1) is 12.8 Å². The van der Waals surface area contributed by atoms with E-state index in [2.05, 4.69) is 4.72 Å². The minimum atomic E-state index is -3.49. The maximum Gasteiger partial charge on any atom is 0.250 e. The highest BCUT2D eigenvalue weighted by molar-refractivity contribution is 7.91. The molecule has 0 saturated heterocycles. The highest BCUT2D eigenvalue weighted by atomic mass is 32.2. The zero-order valence-electron chi connectivity index (χ0n) is 9.34. The van der Waals surface area contributed by atoms with Gasteiger partial charge in [-0.1, -0.05) is 12.2 Å². The third kappa shape index (κ3) is 3.04. The summed E-state index contributed by atoms with van der Waals surface area (Å²) in [6.45, 7) is 1.87. The van der Waals surface area contributed by atoms with E-state index in [-0.39, 0.29) is 10.9 Å². The summed E-state index contributed by atoms with van der Waals surface area (Å²) in [5, 5.41) is 0. The first kappa shape index (κ1) is 12.9. The lowest BCUT2D eigenvalue weighted by Crippen LogP contribution is -2.44. The third-order valence-electron chi connectivity index (χ3n) is 2.66. The van der Waals surface area contributed by atoms with Gasteiger partial charge in [-0.2, -0.15) is 0 Å². The first-order valence-corrected chi connectivity index (χ1v) is 7.99. The maximum atomic E-state index is 12.1. The van der Waals surface area contributed by atoms with E-state index in [0.717, 1.165) is 17.7 Å². The van der Waals surface area contributed by atoms with Crippen LogP contribution in [0.5, 0.6) is 0 Å². The molecular weight excluding hydrogens is 276 g/mol. The van der Waals surface area contributed by atoms with Crippen molar-refractivity contribution < 1.29 is 8.42 Å². The van der Waals surface area contributed by atoms with Gasteiger partial charge in [0.2, 0.25) is 0 Å². The number of thiocarbonyl (C=S) groups is 1. The lowest BCUT2D eigenvalue weighted by atomic mass is 10.2. The van der Waals surface area contributed by atoms with Crippen LogP contribution in [0.2, 0.25) is 0 Å². The Morgan fingerprint density at radius 1 is 1.59 bits per heavy atom. The number of hydrogen-bond acceptors (Lipinski definition) is 4. The van der Waals surface area contributed by atoms with Crippen molar-refractivity contribution in [1.29, 1.82) is 0 Å². The Bertz CT molecular complexity index is 532. The second-order valence-corrected chi connectivity index (χ2v) is 7.90. The van der Waals surface area contributed by atoms with Gasteiger partial charge in [0.1, 0.15) is 4.21 Å². The van der Waals surface area contributed by atoms with Crippen LogP contribution in [0.15, 0.2) is 16.3 Å². The smallest absolute Gasteiger partial charge is 0.250 e. The number of hydrogen-bond donors (Lipinski definition) is 2. The number of aryl methyl sites for hydroxylation is 1. The standard InChI is InChI=1S/C10H14N2O2S3/c1-6-2-5-8(16-6)17(13,14)12-9(10(11)15)7-3-4-7/h2,5,7,9,12H,3-4H2,1H3,(H2,11,15). The minimum absolute atomic E-state index is 0.226. The fourth-order valence-corrected chi connectivity index (χ4v) is 4.51. The second kappa shape index (κ2) is 4.64. The summed E-state index contributed by atoms with van der Waals surface area (Å²) in [7, 11) is -3.49. The topological polar surface area (TPSA) is 72.2 Å². The Hall–Kier alpha value is -0.500. The Balaban J connectivity index is 2.18. The van der Waals surface area contributed by atoms with Gasteiger partial charge in [0.05, 0.1) is 11.0 Å². The molecule has 17 heavy (non-hydrogen) atoms. The van der Waals surface area contributed by atoms with E-state index in [9.17, 15) is 8.42 Å². The van der Waals surface area contributed by atoms with Crippen molar-refractivity contribution in [3.8, 4) is 0 Å². The van der Waals surface area contributed by atoms with E-state index < -0.39 is 16.1 Å². The van der Waals surface area contributed by atoms with Crippen LogP contribution in [0.3, 0.4) is 0 Å². The summed E-state index contributed by atoms with van der Waals surface area (Å²) < 4.78 is 27.1. The molecule has 4 nitrogen and oxygen atoms in total. The first-order chi connectivity index (χ1) is 7.90. The molecule has 1 unspecified atom stereocenters. The van der Waals surface area contributed by atoms with E-state index in [4.69, 9.17) is 18.0 Å². The first-order valence-electron chi connectivity index (χ1n) is 5.28. The summed E-state index contributed by atoms with van der Waals surface area (Å²) in [4.78, 5) is 1.19. The molecule has 3 N–H and O–H groups in total. The molecule has 1 saturated carbocycles. The molecule has 1 heterocycles.